The number of nitrogens with two attached hydrogens (primary N) is 1. The van der Waals surface area contributed by atoms with E-state index in [1.807, 2.05) is 0 Å². The molecule has 1 saturated carbocycles. The van der Waals surface area contributed by atoms with E-state index in [4.69, 9.17) is 15.9 Å². The third-order valence-electron chi connectivity index (χ3n) is 1.95. The summed E-state index contributed by atoms with van der Waals surface area (Å²) in [5, 5.41) is 17.4. The minimum Gasteiger partial charge on any atom is -0.393 e. The normalized spacial score (nSPS) is 28.2. The highest BCUT2D eigenvalue weighted by Gasteiger charge is 2.18. The highest BCUT2D eigenvalue weighted by molar-refractivity contribution is 4.76. The third kappa shape index (κ3) is 8.18. The van der Waals surface area contributed by atoms with Crippen LogP contribution in [-0.2, 0) is 4.74 Å². The Labute approximate surface area is 79.7 Å². The fraction of sp³-hybridized carbons (Fsp3) is 1.00. The first-order chi connectivity index (χ1) is 5.85. The Morgan fingerprint density at radius 2 is 1.85 bits per heavy atom. The molecule has 4 N–H and O–H groups in total. The lowest BCUT2D eigenvalue weighted by atomic mass is 10.3. The molecule has 0 aromatic heterocycles. The van der Waals surface area contributed by atoms with E-state index >= 15 is 0 Å². The van der Waals surface area contributed by atoms with Crippen molar-refractivity contribution in [1.82, 2.24) is 0 Å². The summed E-state index contributed by atoms with van der Waals surface area (Å²) in [5.74, 6) is -0.958. The van der Waals surface area contributed by atoms with Gasteiger partial charge in [0.1, 0.15) is 0 Å². The summed E-state index contributed by atoms with van der Waals surface area (Å²) in [6.07, 6.45) is 2.61. The summed E-state index contributed by atoms with van der Waals surface area (Å²) in [6.45, 7) is 3.15. The zero-order valence-electron chi connectivity index (χ0n) is 8.66. The van der Waals surface area contributed by atoms with Crippen molar-refractivity contribution in [1.29, 1.82) is 0 Å². The van der Waals surface area contributed by atoms with Gasteiger partial charge in [-0.25, -0.2) is 0 Å². The van der Waals surface area contributed by atoms with Crippen LogP contribution in [0.2, 0.25) is 0 Å². The fourth-order valence-electron chi connectivity index (χ4n) is 0.992. The van der Waals surface area contributed by atoms with Gasteiger partial charge < -0.3 is 20.7 Å². The molecule has 4 nitrogen and oxygen atoms in total. The highest BCUT2D eigenvalue weighted by Crippen LogP contribution is 2.15. The van der Waals surface area contributed by atoms with Crippen LogP contribution in [-0.4, -0.2) is 35.3 Å². The number of aliphatic hydroxyl groups excluding tert-OH is 1. The average molecular weight is 191 g/mol. The predicted molar refractivity (Wildman–Crippen MR) is 51.1 cm³/mol. The monoisotopic (exact) mass is 191 g/mol. The van der Waals surface area contributed by atoms with Crippen molar-refractivity contribution in [3.8, 4) is 0 Å². The van der Waals surface area contributed by atoms with E-state index in [0.29, 0.717) is 0 Å². The number of aliphatic hydroxyl groups is 2. The molecule has 2 unspecified atom stereocenters. The van der Waals surface area contributed by atoms with E-state index < -0.39 is 5.79 Å². The van der Waals surface area contributed by atoms with Gasteiger partial charge in [-0.05, 0) is 33.1 Å². The molecule has 0 saturated heterocycles. The molecule has 0 aliphatic heterocycles. The molecule has 0 radical (unpaired) electrons. The highest BCUT2D eigenvalue weighted by atomic mass is 16.6. The third-order valence-corrected chi connectivity index (χ3v) is 1.95. The molecule has 1 rings (SSSR count). The molecule has 1 fully saturated rings. The molecule has 1 aliphatic carbocycles. The van der Waals surface area contributed by atoms with Crippen LogP contribution in [0.25, 0.3) is 0 Å². The molecule has 0 amide bonds. The molecule has 0 aromatic rings. The Morgan fingerprint density at radius 3 is 1.92 bits per heavy atom. The molecule has 80 valence electrons. The van der Waals surface area contributed by atoms with Crippen LogP contribution in [0.3, 0.4) is 0 Å². The summed E-state index contributed by atoms with van der Waals surface area (Å²) in [5.41, 5.74) is 5.47. The van der Waals surface area contributed by atoms with Crippen molar-refractivity contribution in [2.75, 3.05) is 7.11 Å². The van der Waals surface area contributed by atoms with Gasteiger partial charge in [0.2, 0.25) is 0 Å². The second kappa shape index (κ2) is 5.54. The van der Waals surface area contributed by atoms with E-state index in [9.17, 15) is 0 Å². The quantitative estimate of drug-likeness (QED) is 0.518. The standard InChI is InChI=1S/C5H11NO.C4H10O2/c6-4-1-2-5(7)3-4;1-4(2,5)6-3/h4-5,7H,1-3,6H2;5H,1-3H3. The molecule has 0 heterocycles. The van der Waals surface area contributed by atoms with Crippen LogP contribution >= 0.6 is 0 Å². The summed E-state index contributed by atoms with van der Waals surface area (Å²) < 4.78 is 4.49. The SMILES string of the molecule is COC(C)(C)O.NC1CCC(O)C1. The molecule has 1 aliphatic rings. The molecule has 2 atom stereocenters. The summed E-state index contributed by atoms with van der Waals surface area (Å²) in [4.78, 5) is 0. The van der Waals surface area contributed by atoms with Crippen LogP contribution in [0.4, 0.5) is 0 Å². The van der Waals surface area contributed by atoms with Crippen molar-refractivity contribution in [2.45, 2.75) is 51.0 Å². The van der Waals surface area contributed by atoms with Gasteiger partial charge in [-0.2, -0.15) is 0 Å². The van der Waals surface area contributed by atoms with Crippen molar-refractivity contribution in [3.05, 3.63) is 0 Å². The second-order valence-corrected chi connectivity index (χ2v) is 3.88. The predicted octanol–water partition coefficient (Wildman–Crippen LogP) is 0.220. The molecule has 0 aromatic carbocycles. The number of methoxy groups -OCH3 is 1. The van der Waals surface area contributed by atoms with Gasteiger partial charge >= 0.3 is 0 Å². The largest absolute Gasteiger partial charge is 0.393 e. The number of ether oxygens (including phenoxy) is 1. The molecule has 13 heavy (non-hydrogen) atoms. The van der Waals surface area contributed by atoms with Crippen LogP contribution in [0, 0.1) is 0 Å². The Bertz CT molecular complexity index is 125. The first-order valence-corrected chi connectivity index (χ1v) is 4.56. The Morgan fingerprint density at radius 1 is 1.38 bits per heavy atom. The number of hydrogen-bond acceptors (Lipinski definition) is 4. The van der Waals surface area contributed by atoms with Crippen LogP contribution in [0.1, 0.15) is 33.1 Å². The van der Waals surface area contributed by atoms with Gasteiger partial charge in [-0.15, -0.1) is 0 Å². The lowest BCUT2D eigenvalue weighted by Gasteiger charge is -2.12. The number of hydrogen-bond donors (Lipinski definition) is 3. The van der Waals surface area contributed by atoms with Crippen LogP contribution < -0.4 is 5.73 Å². The van der Waals surface area contributed by atoms with Crippen molar-refractivity contribution >= 4 is 0 Å². The molecular weight excluding hydrogens is 170 g/mol. The Kier molecular flexibility index (Phi) is 5.48. The van der Waals surface area contributed by atoms with Gasteiger partial charge in [0.25, 0.3) is 0 Å². The first-order valence-electron chi connectivity index (χ1n) is 4.56. The lowest BCUT2D eigenvalue weighted by molar-refractivity contribution is -0.155. The molecule has 0 spiro atoms. The Hall–Kier alpha value is -0.160. The van der Waals surface area contributed by atoms with Gasteiger partial charge in [-0.3, -0.25) is 0 Å². The van der Waals surface area contributed by atoms with E-state index in [-0.39, 0.29) is 12.1 Å². The summed E-state index contributed by atoms with van der Waals surface area (Å²) in [7, 11) is 1.46. The van der Waals surface area contributed by atoms with Gasteiger partial charge in [0.05, 0.1) is 6.10 Å². The van der Waals surface area contributed by atoms with Crippen molar-refractivity contribution in [3.63, 3.8) is 0 Å². The van der Waals surface area contributed by atoms with Crippen LogP contribution in [0.5, 0.6) is 0 Å². The maximum absolute atomic E-state index is 8.82. The average Bonchev–Trinajstić information content (AvgIpc) is 2.34. The summed E-state index contributed by atoms with van der Waals surface area (Å²) in [6, 6.07) is 0.273. The zero-order chi connectivity index (χ0) is 10.5. The first kappa shape index (κ1) is 12.8. The Balaban J connectivity index is 0.000000226. The van der Waals surface area contributed by atoms with Gasteiger partial charge in [0.15, 0.2) is 5.79 Å². The van der Waals surface area contributed by atoms with Crippen molar-refractivity contribution in [2.24, 2.45) is 5.73 Å². The van der Waals surface area contributed by atoms with E-state index in [0.717, 1.165) is 19.3 Å². The van der Waals surface area contributed by atoms with Gasteiger partial charge in [0, 0.05) is 13.2 Å². The van der Waals surface area contributed by atoms with Crippen molar-refractivity contribution < 1.29 is 14.9 Å². The number of rotatable bonds is 1. The van der Waals surface area contributed by atoms with E-state index in [1.54, 1.807) is 13.8 Å². The minimum atomic E-state index is -0.958. The molecule has 4 heteroatoms. The van der Waals surface area contributed by atoms with E-state index in [2.05, 4.69) is 4.74 Å². The maximum Gasteiger partial charge on any atom is 0.159 e. The minimum absolute atomic E-state index is 0.102. The zero-order valence-corrected chi connectivity index (χ0v) is 8.66. The van der Waals surface area contributed by atoms with Gasteiger partial charge in [-0.1, -0.05) is 0 Å². The topological polar surface area (TPSA) is 75.7 Å². The maximum atomic E-state index is 8.82. The lowest BCUT2D eigenvalue weighted by Crippen LogP contribution is -2.20. The fourth-order valence-corrected chi connectivity index (χ4v) is 0.992. The molecular formula is C9H21NO3. The molecule has 0 bridgehead atoms. The van der Waals surface area contributed by atoms with Crippen LogP contribution in [0.15, 0.2) is 0 Å². The van der Waals surface area contributed by atoms with E-state index in [1.165, 1.54) is 7.11 Å². The second-order valence-electron chi connectivity index (χ2n) is 3.88. The smallest absolute Gasteiger partial charge is 0.159 e. The summed E-state index contributed by atoms with van der Waals surface area (Å²) >= 11 is 0.